The summed E-state index contributed by atoms with van der Waals surface area (Å²) in [6.45, 7) is 10.6. The highest BCUT2D eigenvalue weighted by Gasteiger charge is 2.20. The van der Waals surface area contributed by atoms with Crippen molar-refractivity contribution >= 4 is 40.2 Å². The zero-order valence-corrected chi connectivity index (χ0v) is 20.2. The van der Waals surface area contributed by atoms with E-state index < -0.39 is 23.4 Å². The maximum absolute atomic E-state index is 13.4. The van der Waals surface area contributed by atoms with E-state index in [0.717, 1.165) is 0 Å². The molecule has 0 aliphatic rings. The molecule has 0 aliphatic carbocycles. The molecule has 8 nitrogen and oxygen atoms in total. The molecule has 2 N–H and O–H groups in total. The van der Waals surface area contributed by atoms with E-state index in [1.165, 1.54) is 12.3 Å². The van der Waals surface area contributed by atoms with Gasteiger partial charge in [0, 0.05) is 22.7 Å². The Bertz CT molecular complexity index is 1240. The number of hydrogen-bond acceptors (Lipinski definition) is 6. The van der Waals surface area contributed by atoms with Gasteiger partial charge in [0.25, 0.3) is 0 Å². The van der Waals surface area contributed by atoms with E-state index in [1.807, 2.05) is 24.3 Å². The highest BCUT2D eigenvalue weighted by molar-refractivity contribution is 6.18. The maximum atomic E-state index is 13.4. The smallest absolute Gasteiger partial charge is 0.413 e. The average Bonchev–Trinajstić information content (AvgIpc) is 2.71. The van der Waals surface area contributed by atoms with Crippen LogP contribution in [0.2, 0.25) is 0 Å². The lowest BCUT2D eigenvalue weighted by molar-refractivity contribution is 0.0624. The summed E-state index contributed by atoms with van der Waals surface area (Å²) in [5.41, 5.74) is 0.0236. The summed E-state index contributed by atoms with van der Waals surface area (Å²) in [7, 11) is 0. The van der Waals surface area contributed by atoms with E-state index in [9.17, 15) is 14.4 Å². The minimum Gasteiger partial charge on any atom is -0.444 e. The monoisotopic (exact) mass is 463 g/mol. The number of rotatable bonds is 4. The number of ether oxygens (including phenoxy) is 2. The summed E-state index contributed by atoms with van der Waals surface area (Å²) < 4.78 is 10.6. The molecule has 8 heteroatoms. The van der Waals surface area contributed by atoms with Crippen molar-refractivity contribution in [3.63, 3.8) is 0 Å². The molecule has 34 heavy (non-hydrogen) atoms. The van der Waals surface area contributed by atoms with Gasteiger partial charge in [-0.2, -0.15) is 0 Å². The number of nitrogens with one attached hydrogen (secondary N) is 2. The van der Waals surface area contributed by atoms with Gasteiger partial charge in [-0.05, 0) is 71.2 Å². The van der Waals surface area contributed by atoms with Crippen molar-refractivity contribution in [2.45, 2.75) is 52.7 Å². The number of pyridine rings is 1. The fourth-order valence-corrected chi connectivity index (χ4v) is 3.22. The van der Waals surface area contributed by atoms with Crippen molar-refractivity contribution in [3.8, 4) is 0 Å². The molecule has 3 rings (SSSR count). The molecule has 0 spiro atoms. The number of fused-ring (bicyclic) bond motifs is 1. The molecular weight excluding hydrogens is 434 g/mol. The number of anilines is 2. The van der Waals surface area contributed by atoms with Crippen molar-refractivity contribution in [1.82, 2.24) is 4.98 Å². The van der Waals surface area contributed by atoms with Gasteiger partial charge in [0.2, 0.25) is 0 Å². The number of ketones is 1. The van der Waals surface area contributed by atoms with Crippen LogP contribution in [0.25, 0.3) is 10.8 Å². The van der Waals surface area contributed by atoms with Gasteiger partial charge in [0.15, 0.2) is 5.78 Å². The molecule has 0 unspecified atom stereocenters. The lowest BCUT2D eigenvalue weighted by atomic mass is 9.96. The Hall–Kier alpha value is -3.94. The summed E-state index contributed by atoms with van der Waals surface area (Å²) in [6.07, 6.45) is 0.205. The summed E-state index contributed by atoms with van der Waals surface area (Å²) >= 11 is 0. The summed E-state index contributed by atoms with van der Waals surface area (Å²) in [5.74, 6) is -0.0534. The van der Waals surface area contributed by atoms with Crippen LogP contribution in [0.15, 0.2) is 54.7 Å². The highest BCUT2D eigenvalue weighted by Crippen LogP contribution is 2.29. The number of amides is 2. The van der Waals surface area contributed by atoms with Crippen molar-refractivity contribution in [3.05, 3.63) is 65.9 Å². The van der Waals surface area contributed by atoms with Crippen LogP contribution in [-0.2, 0) is 9.47 Å². The lowest BCUT2D eigenvalue weighted by Gasteiger charge is -2.20. The number of hydrogen-bond donors (Lipinski definition) is 2. The molecule has 0 aliphatic heterocycles. The third-order valence-corrected chi connectivity index (χ3v) is 4.46. The van der Waals surface area contributed by atoms with Crippen LogP contribution in [0.5, 0.6) is 0 Å². The van der Waals surface area contributed by atoms with E-state index in [1.54, 1.807) is 59.7 Å². The Morgan fingerprint density at radius 2 is 1.35 bits per heavy atom. The molecule has 0 saturated carbocycles. The number of benzene rings is 2. The van der Waals surface area contributed by atoms with Gasteiger partial charge in [0.1, 0.15) is 17.0 Å². The largest absolute Gasteiger partial charge is 0.444 e. The molecule has 1 aromatic heterocycles. The van der Waals surface area contributed by atoms with E-state index in [-0.39, 0.29) is 11.6 Å². The Balaban J connectivity index is 1.89. The average molecular weight is 464 g/mol. The van der Waals surface area contributed by atoms with Crippen molar-refractivity contribution in [2.24, 2.45) is 0 Å². The van der Waals surface area contributed by atoms with Crippen LogP contribution < -0.4 is 10.6 Å². The molecule has 0 bridgehead atoms. The molecule has 2 aromatic carbocycles. The number of aromatic nitrogens is 1. The summed E-state index contributed by atoms with van der Waals surface area (Å²) in [5, 5.41) is 6.66. The normalized spacial score (nSPS) is 11.6. The zero-order chi connectivity index (χ0) is 25.1. The fourth-order valence-electron chi connectivity index (χ4n) is 3.22. The van der Waals surface area contributed by atoms with Crippen LogP contribution in [-0.4, -0.2) is 34.2 Å². The molecule has 0 radical (unpaired) electrons. The van der Waals surface area contributed by atoms with Gasteiger partial charge < -0.3 is 9.47 Å². The van der Waals surface area contributed by atoms with E-state index >= 15 is 0 Å². The molecule has 0 atom stereocenters. The van der Waals surface area contributed by atoms with Crippen LogP contribution in [0.4, 0.5) is 21.1 Å². The van der Waals surface area contributed by atoms with E-state index in [0.29, 0.717) is 27.6 Å². The third-order valence-electron chi connectivity index (χ3n) is 4.46. The SMILES string of the molecule is CC(C)(C)OC(=O)Nc1cc(C(=O)c2ccc(NC(=O)OC(C)(C)C)c3ccccc23)ccn1. The predicted octanol–water partition coefficient (Wildman–Crippen LogP) is 6.16. The summed E-state index contributed by atoms with van der Waals surface area (Å²) in [4.78, 5) is 41.8. The van der Waals surface area contributed by atoms with E-state index in [2.05, 4.69) is 15.6 Å². The van der Waals surface area contributed by atoms with Crippen LogP contribution in [0.3, 0.4) is 0 Å². The minimum atomic E-state index is -0.661. The maximum Gasteiger partial charge on any atom is 0.413 e. The predicted molar refractivity (Wildman–Crippen MR) is 131 cm³/mol. The number of carbonyl (C=O) groups is 3. The number of carbonyl (C=O) groups excluding carboxylic acids is 3. The van der Waals surface area contributed by atoms with Crippen molar-refractivity contribution < 1.29 is 23.9 Å². The topological polar surface area (TPSA) is 107 Å². The lowest BCUT2D eigenvalue weighted by Crippen LogP contribution is -2.27. The van der Waals surface area contributed by atoms with Gasteiger partial charge in [-0.3, -0.25) is 15.4 Å². The van der Waals surface area contributed by atoms with E-state index in [4.69, 9.17) is 9.47 Å². The van der Waals surface area contributed by atoms with Crippen molar-refractivity contribution in [2.75, 3.05) is 10.6 Å². The van der Waals surface area contributed by atoms with Gasteiger partial charge in [0.05, 0.1) is 5.69 Å². The highest BCUT2D eigenvalue weighted by atomic mass is 16.6. The Kier molecular flexibility index (Phi) is 6.91. The van der Waals surface area contributed by atoms with Gasteiger partial charge in [-0.1, -0.05) is 24.3 Å². The minimum absolute atomic E-state index is 0.201. The molecule has 2 amide bonds. The molecule has 178 valence electrons. The van der Waals surface area contributed by atoms with Gasteiger partial charge in [-0.15, -0.1) is 0 Å². The standard InChI is InChI=1S/C26H29N3O5/c1-25(2,3)33-23(31)28-20-12-11-19(17-9-7-8-10-18(17)20)22(30)16-13-14-27-21(15-16)29-24(32)34-26(4,5)6/h7-15H,1-6H3,(H,28,31)(H,27,29,32). The molecule has 0 fully saturated rings. The molecule has 1 heterocycles. The second kappa shape index (κ2) is 9.51. The molecule has 0 saturated heterocycles. The van der Waals surface area contributed by atoms with Crippen molar-refractivity contribution in [1.29, 1.82) is 0 Å². The molecule has 3 aromatic rings. The first-order chi connectivity index (χ1) is 15.8. The first-order valence-corrected chi connectivity index (χ1v) is 10.8. The van der Waals surface area contributed by atoms with Crippen LogP contribution >= 0.6 is 0 Å². The number of nitrogens with zero attached hydrogens (tertiary/aromatic N) is 1. The van der Waals surface area contributed by atoms with Crippen LogP contribution in [0.1, 0.15) is 57.5 Å². The van der Waals surface area contributed by atoms with Gasteiger partial charge >= 0.3 is 12.2 Å². The second-order valence-electron chi connectivity index (χ2n) is 9.72. The summed E-state index contributed by atoms with van der Waals surface area (Å²) in [6, 6.07) is 13.7. The third kappa shape index (κ3) is 6.54. The quantitative estimate of drug-likeness (QED) is 0.449. The van der Waals surface area contributed by atoms with Gasteiger partial charge in [-0.25, -0.2) is 14.6 Å². The van der Waals surface area contributed by atoms with Crippen LogP contribution in [0, 0.1) is 0 Å². The zero-order valence-electron chi connectivity index (χ0n) is 20.2. The Labute approximate surface area is 198 Å². The molecular formula is C26H29N3O5. The Morgan fingerprint density at radius 1 is 0.765 bits per heavy atom. The second-order valence-corrected chi connectivity index (χ2v) is 9.72. The first-order valence-electron chi connectivity index (χ1n) is 10.8. The Morgan fingerprint density at radius 3 is 1.97 bits per heavy atom. The first kappa shape index (κ1) is 24.7. The fraction of sp³-hybridized carbons (Fsp3) is 0.308.